The van der Waals surface area contributed by atoms with Gasteiger partial charge in [0, 0.05) is 6.07 Å². The highest BCUT2D eigenvalue weighted by molar-refractivity contribution is 5.21. The fourth-order valence-electron chi connectivity index (χ4n) is 0.757. The van der Waals surface area contributed by atoms with Gasteiger partial charge in [0.2, 0.25) is 0 Å². The van der Waals surface area contributed by atoms with Crippen LogP contribution in [0.1, 0.15) is 5.56 Å². The molecule has 0 radical (unpaired) electrons. The molecular formula is C7H11BrN2. The third-order valence-electron chi connectivity index (χ3n) is 1.32. The molecule has 0 aromatic carbocycles. The molecule has 2 nitrogen and oxygen atoms in total. The van der Waals surface area contributed by atoms with Crippen molar-refractivity contribution in [2.75, 3.05) is 5.73 Å². The van der Waals surface area contributed by atoms with Crippen molar-refractivity contribution >= 4 is 5.82 Å². The Morgan fingerprint density at radius 2 is 2.00 bits per heavy atom. The first-order chi connectivity index (χ1) is 4.20. The summed E-state index contributed by atoms with van der Waals surface area (Å²) in [4.78, 5) is 0. The minimum atomic E-state index is 0. The number of hydrogen-bond acceptors (Lipinski definition) is 1. The molecule has 3 heteroatoms. The molecule has 0 atom stereocenters. The molecule has 0 aliphatic heterocycles. The molecule has 1 aromatic rings. The molecule has 1 heterocycles. The number of nitrogens with zero attached hydrogens (tertiary/aromatic N) is 1. The van der Waals surface area contributed by atoms with E-state index in [0.717, 1.165) is 5.82 Å². The van der Waals surface area contributed by atoms with Crippen molar-refractivity contribution in [1.82, 2.24) is 0 Å². The van der Waals surface area contributed by atoms with Crippen LogP contribution in [0.3, 0.4) is 0 Å². The van der Waals surface area contributed by atoms with Crippen molar-refractivity contribution in [3.8, 4) is 0 Å². The number of anilines is 1. The van der Waals surface area contributed by atoms with E-state index in [1.54, 1.807) is 0 Å². The summed E-state index contributed by atoms with van der Waals surface area (Å²) in [5.41, 5.74) is 6.78. The molecule has 1 rings (SSSR count). The van der Waals surface area contributed by atoms with Gasteiger partial charge in [0.1, 0.15) is 0 Å². The number of rotatable bonds is 0. The second-order valence-electron chi connectivity index (χ2n) is 2.24. The van der Waals surface area contributed by atoms with Crippen molar-refractivity contribution < 1.29 is 21.5 Å². The topological polar surface area (TPSA) is 29.9 Å². The Bertz CT molecular complexity index is 223. The normalized spacial score (nSPS) is 8.60. The summed E-state index contributed by atoms with van der Waals surface area (Å²) < 4.78 is 1.90. The van der Waals surface area contributed by atoms with Crippen molar-refractivity contribution in [2.24, 2.45) is 7.05 Å². The predicted molar refractivity (Wildman–Crippen MR) is 36.8 cm³/mol. The van der Waals surface area contributed by atoms with Crippen LogP contribution < -0.4 is 27.3 Å². The third-order valence-corrected chi connectivity index (χ3v) is 1.32. The van der Waals surface area contributed by atoms with E-state index in [9.17, 15) is 0 Å². The van der Waals surface area contributed by atoms with Crippen molar-refractivity contribution in [3.63, 3.8) is 0 Å². The van der Waals surface area contributed by atoms with E-state index < -0.39 is 0 Å². The fraction of sp³-hybridized carbons (Fsp3) is 0.286. The van der Waals surface area contributed by atoms with E-state index in [2.05, 4.69) is 0 Å². The molecule has 0 unspecified atom stereocenters. The Kier molecular flexibility index (Phi) is 3.36. The number of pyridine rings is 1. The Morgan fingerprint density at radius 3 is 2.40 bits per heavy atom. The van der Waals surface area contributed by atoms with E-state index in [4.69, 9.17) is 5.73 Å². The molecule has 0 amide bonds. The Balaban J connectivity index is 0.000000810. The summed E-state index contributed by atoms with van der Waals surface area (Å²) in [6, 6.07) is 3.89. The lowest BCUT2D eigenvalue weighted by Gasteiger charge is -1.94. The number of aromatic nitrogens is 1. The first-order valence-electron chi connectivity index (χ1n) is 2.92. The van der Waals surface area contributed by atoms with E-state index in [-0.39, 0.29) is 17.0 Å². The van der Waals surface area contributed by atoms with Crippen LogP contribution in [0, 0.1) is 6.92 Å². The van der Waals surface area contributed by atoms with Gasteiger partial charge in [-0.15, -0.1) is 0 Å². The van der Waals surface area contributed by atoms with Gasteiger partial charge in [0.25, 0.3) is 5.82 Å². The van der Waals surface area contributed by atoms with E-state index in [1.165, 1.54) is 5.56 Å². The minimum absolute atomic E-state index is 0. The zero-order chi connectivity index (χ0) is 6.85. The molecule has 2 N–H and O–H groups in total. The van der Waals surface area contributed by atoms with Crippen LogP contribution in [0.5, 0.6) is 0 Å². The van der Waals surface area contributed by atoms with Crippen LogP contribution in [0.2, 0.25) is 0 Å². The van der Waals surface area contributed by atoms with Crippen LogP contribution in [0.4, 0.5) is 5.82 Å². The second-order valence-corrected chi connectivity index (χ2v) is 2.24. The van der Waals surface area contributed by atoms with Crippen LogP contribution in [-0.4, -0.2) is 0 Å². The number of hydrogen-bond donors (Lipinski definition) is 1. The van der Waals surface area contributed by atoms with Gasteiger partial charge in [-0.1, -0.05) is 0 Å². The average Bonchev–Trinajstić information content (AvgIpc) is 1.80. The summed E-state index contributed by atoms with van der Waals surface area (Å²) in [5.74, 6) is 0.792. The van der Waals surface area contributed by atoms with E-state index in [1.807, 2.05) is 36.9 Å². The fourth-order valence-corrected chi connectivity index (χ4v) is 0.757. The average molecular weight is 203 g/mol. The molecule has 0 saturated carbocycles. The van der Waals surface area contributed by atoms with Gasteiger partial charge < -0.3 is 17.0 Å². The lowest BCUT2D eigenvalue weighted by molar-refractivity contribution is -0.657. The highest BCUT2D eigenvalue weighted by atomic mass is 79.9. The molecule has 0 aliphatic rings. The van der Waals surface area contributed by atoms with Crippen LogP contribution in [0.15, 0.2) is 18.3 Å². The van der Waals surface area contributed by atoms with Crippen molar-refractivity contribution in [1.29, 1.82) is 0 Å². The molecule has 10 heavy (non-hydrogen) atoms. The van der Waals surface area contributed by atoms with Gasteiger partial charge in [-0.05, 0) is 18.6 Å². The smallest absolute Gasteiger partial charge is 0.272 e. The molecular weight excluding hydrogens is 192 g/mol. The molecule has 0 aliphatic carbocycles. The lowest BCUT2D eigenvalue weighted by atomic mass is 10.3. The maximum atomic E-state index is 5.55. The van der Waals surface area contributed by atoms with Gasteiger partial charge in [-0.2, -0.15) is 0 Å². The minimum Gasteiger partial charge on any atom is -1.00 e. The summed E-state index contributed by atoms with van der Waals surface area (Å²) in [7, 11) is 1.93. The van der Waals surface area contributed by atoms with E-state index >= 15 is 0 Å². The second kappa shape index (κ2) is 3.56. The van der Waals surface area contributed by atoms with Gasteiger partial charge in [-0.3, -0.25) is 5.73 Å². The van der Waals surface area contributed by atoms with Gasteiger partial charge >= 0.3 is 0 Å². The van der Waals surface area contributed by atoms with Crippen molar-refractivity contribution in [3.05, 3.63) is 23.9 Å². The summed E-state index contributed by atoms with van der Waals surface area (Å²) in [5, 5.41) is 0. The van der Waals surface area contributed by atoms with Gasteiger partial charge in [-0.25, -0.2) is 4.57 Å². The summed E-state index contributed by atoms with van der Waals surface area (Å²) in [6.45, 7) is 2.04. The molecule has 0 spiro atoms. The molecule has 0 saturated heterocycles. The zero-order valence-corrected chi connectivity index (χ0v) is 7.72. The monoisotopic (exact) mass is 202 g/mol. The number of nitrogens with two attached hydrogens (primary N) is 1. The Labute approximate surface area is 71.4 Å². The third kappa shape index (κ3) is 1.99. The number of halogens is 1. The summed E-state index contributed by atoms with van der Waals surface area (Å²) >= 11 is 0. The van der Waals surface area contributed by atoms with Crippen LogP contribution >= 0.6 is 0 Å². The van der Waals surface area contributed by atoms with Gasteiger partial charge in [0.05, 0.1) is 13.2 Å². The predicted octanol–water partition coefficient (Wildman–Crippen LogP) is -2.59. The lowest BCUT2D eigenvalue weighted by Crippen LogP contribution is -3.00. The number of nitrogen functional groups attached to an aromatic ring is 1. The largest absolute Gasteiger partial charge is 1.00 e. The zero-order valence-electron chi connectivity index (χ0n) is 6.13. The highest BCUT2D eigenvalue weighted by Gasteiger charge is 1.95. The highest BCUT2D eigenvalue weighted by Crippen LogP contribution is 1.94. The van der Waals surface area contributed by atoms with Crippen LogP contribution in [0.25, 0.3) is 0 Å². The Hall–Kier alpha value is -0.570. The maximum Gasteiger partial charge on any atom is 0.272 e. The standard InChI is InChI=1S/C7H10N2.BrH/c1-6-3-4-7(8)9(2)5-6;/h3-5,8H,1-2H3;1H. The first kappa shape index (κ1) is 9.43. The Morgan fingerprint density at radius 1 is 1.40 bits per heavy atom. The molecule has 56 valence electrons. The molecule has 0 fully saturated rings. The SMILES string of the molecule is Cc1ccc(N)[n+](C)c1.[Br-]. The van der Waals surface area contributed by atoms with Gasteiger partial charge in [0.15, 0.2) is 0 Å². The van der Waals surface area contributed by atoms with Crippen molar-refractivity contribution in [2.45, 2.75) is 6.92 Å². The quantitative estimate of drug-likeness (QED) is 0.460. The number of aryl methyl sites for hydroxylation is 2. The molecule has 1 aromatic heterocycles. The van der Waals surface area contributed by atoms with Crippen LogP contribution in [-0.2, 0) is 7.05 Å². The molecule has 0 bridgehead atoms. The van der Waals surface area contributed by atoms with E-state index in [0.29, 0.717) is 0 Å². The summed E-state index contributed by atoms with van der Waals surface area (Å²) in [6.07, 6.45) is 2.00. The maximum absolute atomic E-state index is 5.55. The first-order valence-corrected chi connectivity index (χ1v) is 2.92.